The Labute approximate surface area is 95.2 Å². The fourth-order valence-corrected chi connectivity index (χ4v) is 2.52. The number of nitrogens with one attached hydrogen (secondary N) is 1. The molecule has 0 radical (unpaired) electrons. The molecule has 0 bridgehead atoms. The molecule has 1 aliphatic heterocycles. The van der Waals surface area contributed by atoms with E-state index in [-0.39, 0.29) is 5.60 Å². The predicted molar refractivity (Wildman–Crippen MR) is 59.7 cm³/mol. The van der Waals surface area contributed by atoms with Crippen LogP contribution in [0.15, 0.2) is 3.92 Å². The molecule has 14 heavy (non-hydrogen) atoms. The predicted octanol–water partition coefficient (Wildman–Crippen LogP) is 2.28. The summed E-state index contributed by atoms with van der Waals surface area (Å²) in [6, 6.07) is 0. The standard InChI is InChI=1S/C8H12BrN3OS/c1-8(3-2-4-13-8)5-10-7-12-11-6(9)14-7/h2-5H2,1H3,(H,10,12). The zero-order valence-electron chi connectivity index (χ0n) is 7.92. The van der Waals surface area contributed by atoms with Gasteiger partial charge in [-0.1, -0.05) is 11.3 Å². The van der Waals surface area contributed by atoms with Crippen LogP contribution in [-0.4, -0.2) is 29.0 Å². The molecule has 1 fully saturated rings. The van der Waals surface area contributed by atoms with E-state index in [1.54, 1.807) is 0 Å². The number of ether oxygens (including phenoxy) is 1. The highest BCUT2D eigenvalue weighted by molar-refractivity contribution is 9.11. The Hall–Kier alpha value is -0.200. The second kappa shape index (κ2) is 4.12. The van der Waals surface area contributed by atoms with E-state index in [1.807, 2.05) is 0 Å². The van der Waals surface area contributed by atoms with Crippen LogP contribution in [0.2, 0.25) is 0 Å². The summed E-state index contributed by atoms with van der Waals surface area (Å²) in [4.78, 5) is 0. The van der Waals surface area contributed by atoms with Crippen molar-refractivity contribution in [1.82, 2.24) is 10.2 Å². The number of nitrogens with zero attached hydrogens (tertiary/aromatic N) is 2. The quantitative estimate of drug-likeness (QED) is 0.921. The van der Waals surface area contributed by atoms with E-state index < -0.39 is 0 Å². The van der Waals surface area contributed by atoms with Gasteiger partial charge >= 0.3 is 0 Å². The summed E-state index contributed by atoms with van der Waals surface area (Å²) in [6.45, 7) is 3.80. The van der Waals surface area contributed by atoms with Gasteiger partial charge in [0, 0.05) is 13.2 Å². The Morgan fingerprint density at radius 2 is 2.50 bits per heavy atom. The lowest BCUT2D eigenvalue weighted by Crippen LogP contribution is -2.32. The van der Waals surface area contributed by atoms with Crippen LogP contribution in [0.5, 0.6) is 0 Å². The van der Waals surface area contributed by atoms with Gasteiger partial charge in [0.25, 0.3) is 0 Å². The van der Waals surface area contributed by atoms with Gasteiger partial charge in [-0.15, -0.1) is 10.2 Å². The average molecular weight is 278 g/mol. The van der Waals surface area contributed by atoms with E-state index in [2.05, 4.69) is 38.4 Å². The lowest BCUT2D eigenvalue weighted by atomic mass is 10.0. The van der Waals surface area contributed by atoms with Crippen molar-refractivity contribution in [3.8, 4) is 0 Å². The molecule has 0 aliphatic carbocycles. The summed E-state index contributed by atoms with van der Waals surface area (Å²) >= 11 is 4.77. The Morgan fingerprint density at radius 3 is 3.07 bits per heavy atom. The lowest BCUT2D eigenvalue weighted by molar-refractivity contribution is 0.0315. The first kappa shape index (κ1) is 10.3. The molecule has 0 saturated carbocycles. The Morgan fingerprint density at radius 1 is 1.64 bits per heavy atom. The summed E-state index contributed by atoms with van der Waals surface area (Å²) in [5.74, 6) is 0. The number of halogens is 1. The SMILES string of the molecule is CC1(CNc2nnc(Br)s2)CCCO1. The van der Waals surface area contributed by atoms with Gasteiger partial charge in [0.1, 0.15) is 0 Å². The smallest absolute Gasteiger partial charge is 0.206 e. The number of aromatic nitrogens is 2. The summed E-state index contributed by atoms with van der Waals surface area (Å²) in [5, 5.41) is 11.9. The van der Waals surface area contributed by atoms with Crippen LogP contribution in [-0.2, 0) is 4.74 Å². The van der Waals surface area contributed by atoms with E-state index in [9.17, 15) is 0 Å². The molecule has 78 valence electrons. The van der Waals surface area contributed by atoms with Crippen molar-refractivity contribution in [3.63, 3.8) is 0 Å². The highest BCUT2D eigenvalue weighted by Crippen LogP contribution is 2.26. The first-order valence-corrected chi connectivity index (χ1v) is 6.16. The molecule has 2 rings (SSSR count). The largest absolute Gasteiger partial charge is 0.373 e. The summed E-state index contributed by atoms with van der Waals surface area (Å²) < 4.78 is 6.45. The molecule has 1 aromatic heterocycles. The minimum Gasteiger partial charge on any atom is -0.373 e. The zero-order chi connectivity index (χ0) is 10.0. The number of hydrogen-bond donors (Lipinski definition) is 1. The minimum atomic E-state index is -0.0296. The second-order valence-corrected chi connectivity index (χ2v) is 5.87. The molecular weight excluding hydrogens is 266 g/mol. The maximum atomic E-state index is 5.65. The Kier molecular flexibility index (Phi) is 3.04. The first-order chi connectivity index (χ1) is 6.68. The van der Waals surface area contributed by atoms with Crippen molar-refractivity contribution >= 4 is 32.4 Å². The van der Waals surface area contributed by atoms with Crippen LogP contribution >= 0.6 is 27.3 Å². The van der Waals surface area contributed by atoms with Gasteiger partial charge in [-0.25, -0.2) is 0 Å². The minimum absolute atomic E-state index is 0.0296. The fraction of sp³-hybridized carbons (Fsp3) is 0.750. The van der Waals surface area contributed by atoms with E-state index in [4.69, 9.17) is 4.74 Å². The molecule has 1 saturated heterocycles. The Balaban J connectivity index is 1.87. The maximum absolute atomic E-state index is 5.65. The third-order valence-electron chi connectivity index (χ3n) is 2.31. The van der Waals surface area contributed by atoms with Gasteiger partial charge in [-0.3, -0.25) is 0 Å². The van der Waals surface area contributed by atoms with Gasteiger partial charge in [0.15, 0.2) is 3.92 Å². The van der Waals surface area contributed by atoms with E-state index in [0.717, 1.165) is 35.0 Å². The highest BCUT2D eigenvalue weighted by Gasteiger charge is 2.29. The molecule has 6 heteroatoms. The number of rotatable bonds is 3. The average Bonchev–Trinajstić information content (AvgIpc) is 2.73. The van der Waals surface area contributed by atoms with Crippen LogP contribution < -0.4 is 5.32 Å². The molecular formula is C8H12BrN3OS. The normalized spacial score (nSPS) is 26.7. The third kappa shape index (κ3) is 2.43. The first-order valence-electron chi connectivity index (χ1n) is 4.55. The molecule has 0 aromatic carbocycles. The van der Waals surface area contributed by atoms with Crippen LogP contribution in [0.1, 0.15) is 19.8 Å². The molecule has 1 aliphatic rings. The summed E-state index contributed by atoms with van der Waals surface area (Å²) in [5.41, 5.74) is -0.0296. The van der Waals surface area contributed by atoms with Crippen molar-refractivity contribution in [2.45, 2.75) is 25.4 Å². The fourth-order valence-electron chi connectivity index (χ4n) is 1.52. The van der Waals surface area contributed by atoms with Gasteiger partial charge < -0.3 is 10.1 Å². The monoisotopic (exact) mass is 277 g/mol. The van der Waals surface area contributed by atoms with Crippen molar-refractivity contribution in [2.75, 3.05) is 18.5 Å². The molecule has 0 spiro atoms. The summed E-state index contributed by atoms with van der Waals surface area (Å²) in [7, 11) is 0. The Bertz CT molecular complexity index is 311. The van der Waals surface area contributed by atoms with Gasteiger partial charge in [-0.05, 0) is 35.7 Å². The van der Waals surface area contributed by atoms with Crippen LogP contribution in [0.25, 0.3) is 0 Å². The van der Waals surface area contributed by atoms with Crippen molar-refractivity contribution in [2.24, 2.45) is 0 Å². The van der Waals surface area contributed by atoms with E-state index in [1.165, 1.54) is 11.3 Å². The number of hydrogen-bond acceptors (Lipinski definition) is 5. The van der Waals surface area contributed by atoms with Gasteiger partial charge in [-0.2, -0.15) is 0 Å². The molecule has 1 N–H and O–H groups in total. The van der Waals surface area contributed by atoms with Crippen molar-refractivity contribution in [3.05, 3.63) is 3.92 Å². The third-order valence-corrected chi connectivity index (χ3v) is 3.63. The highest BCUT2D eigenvalue weighted by atomic mass is 79.9. The topological polar surface area (TPSA) is 47.0 Å². The number of anilines is 1. The van der Waals surface area contributed by atoms with Gasteiger partial charge in [0.05, 0.1) is 5.60 Å². The molecule has 1 atom stereocenters. The van der Waals surface area contributed by atoms with Gasteiger partial charge in [0.2, 0.25) is 5.13 Å². The van der Waals surface area contributed by atoms with Crippen molar-refractivity contribution < 1.29 is 4.74 Å². The molecule has 0 amide bonds. The molecule has 1 aromatic rings. The second-order valence-electron chi connectivity index (χ2n) is 3.62. The molecule has 2 heterocycles. The zero-order valence-corrected chi connectivity index (χ0v) is 10.3. The van der Waals surface area contributed by atoms with Crippen LogP contribution in [0.3, 0.4) is 0 Å². The summed E-state index contributed by atoms with van der Waals surface area (Å²) in [6.07, 6.45) is 2.26. The van der Waals surface area contributed by atoms with Crippen molar-refractivity contribution in [1.29, 1.82) is 0 Å². The molecule has 1 unspecified atom stereocenters. The lowest BCUT2D eigenvalue weighted by Gasteiger charge is -2.22. The van der Waals surface area contributed by atoms with E-state index in [0.29, 0.717) is 0 Å². The van der Waals surface area contributed by atoms with Crippen LogP contribution in [0.4, 0.5) is 5.13 Å². The maximum Gasteiger partial charge on any atom is 0.206 e. The molecule has 4 nitrogen and oxygen atoms in total. The van der Waals surface area contributed by atoms with Crippen LogP contribution in [0, 0.1) is 0 Å². The van der Waals surface area contributed by atoms with E-state index >= 15 is 0 Å².